The molecule has 10 heavy (non-hydrogen) atoms. The molecule has 1 aromatic rings. The molecular weight excluding hydrogens is 144 g/mol. The third-order valence-corrected chi connectivity index (χ3v) is 2.86. The molecule has 0 radical (unpaired) electrons. The lowest BCUT2D eigenvalue weighted by Crippen LogP contribution is -1.73. The van der Waals surface area contributed by atoms with E-state index in [4.69, 9.17) is 4.74 Å². The van der Waals surface area contributed by atoms with E-state index in [0.29, 0.717) is 0 Å². The summed E-state index contributed by atoms with van der Waals surface area (Å²) >= 11 is 1.74. The molecule has 0 atom stereocenters. The van der Waals surface area contributed by atoms with Gasteiger partial charge in [-0.2, -0.15) is 0 Å². The van der Waals surface area contributed by atoms with E-state index >= 15 is 0 Å². The van der Waals surface area contributed by atoms with Crippen LogP contribution in [0.2, 0.25) is 0 Å². The van der Waals surface area contributed by atoms with Crippen molar-refractivity contribution in [2.75, 3.05) is 7.11 Å². The molecule has 0 saturated heterocycles. The highest BCUT2D eigenvalue weighted by atomic mass is 32.1. The summed E-state index contributed by atoms with van der Waals surface area (Å²) in [5, 5.41) is 1.02. The van der Waals surface area contributed by atoms with Gasteiger partial charge in [-0.05, 0) is 25.0 Å². The number of rotatable bonds is 2. The van der Waals surface area contributed by atoms with Crippen LogP contribution in [-0.2, 0) is 6.42 Å². The number of aryl methyl sites for hydroxylation is 2. The van der Waals surface area contributed by atoms with Crippen LogP contribution in [0, 0.1) is 6.92 Å². The number of methoxy groups -OCH3 is 1. The van der Waals surface area contributed by atoms with Crippen molar-refractivity contribution >= 4 is 11.3 Å². The Kier molecular flexibility index (Phi) is 2.33. The summed E-state index contributed by atoms with van der Waals surface area (Å²) in [6.45, 7) is 4.29. The van der Waals surface area contributed by atoms with Gasteiger partial charge in [0.15, 0.2) is 5.06 Å². The Labute approximate surface area is 65.6 Å². The summed E-state index contributed by atoms with van der Waals surface area (Å²) in [6, 6.07) is 2.09. The van der Waals surface area contributed by atoms with Crippen LogP contribution in [0.1, 0.15) is 17.4 Å². The van der Waals surface area contributed by atoms with Gasteiger partial charge in [0.1, 0.15) is 0 Å². The van der Waals surface area contributed by atoms with Crippen LogP contribution >= 0.6 is 11.3 Å². The van der Waals surface area contributed by atoms with Gasteiger partial charge in [-0.1, -0.05) is 6.92 Å². The number of hydrogen-bond donors (Lipinski definition) is 0. The molecule has 1 heterocycles. The molecule has 1 aromatic heterocycles. The van der Waals surface area contributed by atoms with E-state index in [9.17, 15) is 0 Å². The standard InChI is InChI=1S/C8H12OS/c1-4-7-6(2)5-8(9-3)10-7/h5H,4H2,1-3H3. The molecule has 1 rings (SSSR count). The van der Waals surface area contributed by atoms with Crippen molar-refractivity contribution in [1.82, 2.24) is 0 Å². The Balaban J connectivity index is 2.92. The van der Waals surface area contributed by atoms with E-state index in [1.54, 1.807) is 18.4 Å². The minimum absolute atomic E-state index is 1.02. The first-order chi connectivity index (χ1) is 4.77. The minimum Gasteiger partial charge on any atom is -0.487 e. The normalized spacial score (nSPS) is 9.90. The molecule has 0 unspecified atom stereocenters. The van der Waals surface area contributed by atoms with Crippen LogP contribution in [0.15, 0.2) is 6.07 Å². The van der Waals surface area contributed by atoms with Crippen LogP contribution < -0.4 is 4.74 Å². The summed E-state index contributed by atoms with van der Waals surface area (Å²) in [4.78, 5) is 1.43. The molecule has 0 saturated carbocycles. The van der Waals surface area contributed by atoms with Gasteiger partial charge in [0.25, 0.3) is 0 Å². The lowest BCUT2D eigenvalue weighted by atomic mass is 10.2. The van der Waals surface area contributed by atoms with Gasteiger partial charge in [0.2, 0.25) is 0 Å². The van der Waals surface area contributed by atoms with Gasteiger partial charge in [-0.25, -0.2) is 0 Å². The maximum Gasteiger partial charge on any atom is 0.173 e. The second-order valence-corrected chi connectivity index (χ2v) is 3.33. The first-order valence-corrected chi connectivity index (χ1v) is 4.23. The minimum atomic E-state index is 1.02. The summed E-state index contributed by atoms with van der Waals surface area (Å²) < 4.78 is 5.10. The molecule has 56 valence electrons. The van der Waals surface area contributed by atoms with Gasteiger partial charge in [0, 0.05) is 4.88 Å². The molecule has 0 aliphatic heterocycles. The molecule has 1 nitrogen and oxygen atoms in total. The molecule has 0 N–H and O–H groups in total. The lowest BCUT2D eigenvalue weighted by Gasteiger charge is -1.89. The quantitative estimate of drug-likeness (QED) is 0.639. The summed E-state index contributed by atoms with van der Waals surface area (Å²) in [6.07, 6.45) is 1.11. The molecule has 0 aliphatic rings. The zero-order valence-electron chi connectivity index (χ0n) is 6.60. The van der Waals surface area contributed by atoms with Gasteiger partial charge >= 0.3 is 0 Å². The maximum absolute atomic E-state index is 5.10. The Bertz CT molecular complexity index is 215. The zero-order valence-corrected chi connectivity index (χ0v) is 7.42. The largest absolute Gasteiger partial charge is 0.487 e. The van der Waals surface area contributed by atoms with Gasteiger partial charge in [0.05, 0.1) is 7.11 Å². The highest BCUT2D eigenvalue weighted by Gasteiger charge is 2.01. The van der Waals surface area contributed by atoms with Crippen molar-refractivity contribution in [1.29, 1.82) is 0 Å². The monoisotopic (exact) mass is 156 g/mol. The van der Waals surface area contributed by atoms with E-state index in [1.807, 2.05) is 0 Å². The first kappa shape index (κ1) is 7.61. The van der Waals surface area contributed by atoms with Crippen molar-refractivity contribution in [3.05, 3.63) is 16.5 Å². The highest BCUT2D eigenvalue weighted by Crippen LogP contribution is 2.28. The predicted molar refractivity (Wildman–Crippen MR) is 45.0 cm³/mol. The highest BCUT2D eigenvalue weighted by molar-refractivity contribution is 7.14. The average molecular weight is 156 g/mol. The summed E-state index contributed by atoms with van der Waals surface area (Å²) in [5.41, 5.74) is 1.35. The fourth-order valence-electron chi connectivity index (χ4n) is 0.940. The van der Waals surface area contributed by atoms with Crippen molar-refractivity contribution < 1.29 is 4.74 Å². The van der Waals surface area contributed by atoms with Gasteiger partial charge in [-0.15, -0.1) is 11.3 Å². The third kappa shape index (κ3) is 1.32. The van der Waals surface area contributed by atoms with Crippen molar-refractivity contribution in [2.24, 2.45) is 0 Å². The molecule has 0 bridgehead atoms. The third-order valence-electron chi connectivity index (χ3n) is 1.52. The second-order valence-electron chi connectivity index (χ2n) is 2.23. The number of thiophene rings is 1. The van der Waals surface area contributed by atoms with Crippen LogP contribution in [0.4, 0.5) is 0 Å². The molecule has 0 aliphatic carbocycles. The molecule has 0 fully saturated rings. The van der Waals surface area contributed by atoms with Crippen LogP contribution in [0.5, 0.6) is 5.06 Å². The van der Waals surface area contributed by atoms with Gasteiger partial charge < -0.3 is 4.74 Å². The molecule has 0 spiro atoms. The van der Waals surface area contributed by atoms with Crippen molar-refractivity contribution in [2.45, 2.75) is 20.3 Å². The van der Waals surface area contributed by atoms with Crippen LogP contribution in [-0.4, -0.2) is 7.11 Å². The zero-order chi connectivity index (χ0) is 7.56. The Morgan fingerprint density at radius 1 is 1.60 bits per heavy atom. The van der Waals surface area contributed by atoms with Crippen LogP contribution in [0.25, 0.3) is 0 Å². The molecular formula is C8H12OS. The Morgan fingerprint density at radius 3 is 2.60 bits per heavy atom. The summed E-state index contributed by atoms with van der Waals surface area (Å²) in [7, 11) is 1.71. The summed E-state index contributed by atoms with van der Waals surface area (Å²) in [5.74, 6) is 0. The van der Waals surface area contributed by atoms with Gasteiger partial charge in [-0.3, -0.25) is 0 Å². The van der Waals surface area contributed by atoms with Crippen molar-refractivity contribution in [3.63, 3.8) is 0 Å². The van der Waals surface area contributed by atoms with E-state index in [0.717, 1.165) is 11.5 Å². The molecule has 0 aromatic carbocycles. The smallest absolute Gasteiger partial charge is 0.173 e. The average Bonchev–Trinajstić information content (AvgIpc) is 2.30. The Morgan fingerprint density at radius 2 is 2.30 bits per heavy atom. The molecule has 0 amide bonds. The second kappa shape index (κ2) is 3.06. The van der Waals surface area contributed by atoms with E-state index < -0.39 is 0 Å². The van der Waals surface area contributed by atoms with E-state index in [2.05, 4.69) is 19.9 Å². The lowest BCUT2D eigenvalue weighted by molar-refractivity contribution is 0.427. The Hall–Kier alpha value is -0.500. The number of hydrogen-bond acceptors (Lipinski definition) is 2. The van der Waals surface area contributed by atoms with E-state index in [1.165, 1.54) is 10.4 Å². The van der Waals surface area contributed by atoms with Crippen molar-refractivity contribution in [3.8, 4) is 5.06 Å². The molecule has 2 heteroatoms. The first-order valence-electron chi connectivity index (χ1n) is 3.41. The predicted octanol–water partition coefficient (Wildman–Crippen LogP) is 2.63. The maximum atomic E-state index is 5.10. The SMILES string of the molecule is CCc1sc(OC)cc1C. The number of ether oxygens (including phenoxy) is 1. The van der Waals surface area contributed by atoms with Crippen LogP contribution in [0.3, 0.4) is 0 Å². The van der Waals surface area contributed by atoms with E-state index in [-0.39, 0.29) is 0 Å². The fourth-order valence-corrected chi connectivity index (χ4v) is 1.87. The topological polar surface area (TPSA) is 9.23 Å². The fraction of sp³-hybridized carbons (Fsp3) is 0.500.